The molecule has 2 unspecified atom stereocenters. The first-order valence-electron chi connectivity index (χ1n) is 13.1. The number of carbonyl (C=O) groups excluding carboxylic acids is 1. The number of nitrogens with one attached hydrogen (secondary N) is 2. The van der Waals surface area contributed by atoms with Gasteiger partial charge in [0.25, 0.3) is 5.69 Å². The topological polar surface area (TPSA) is 114 Å². The summed E-state index contributed by atoms with van der Waals surface area (Å²) in [6.07, 6.45) is 1.91. The van der Waals surface area contributed by atoms with E-state index in [2.05, 4.69) is 15.6 Å². The van der Waals surface area contributed by atoms with Crippen LogP contribution in [0.5, 0.6) is 0 Å². The van der Waals surface area contributed by atoms with Crippen molar-refractivity contribution in [2.24, 2.45) is 0 Å². The van der Waals surface area contributed by atoms with E-state index in [0.717, 1.165) is 22.2 Å². The van der Waals surface area contributed by atoms with E-state index >= 15 is 0 Å². The summed E-state index contributed by atoms with van der Waals surface area (Å²) in [4.78, 5) is 30.4. The first-order chi connectivity index (χ1) is 20.0. The Labute approximate surface area is 241 Å². The maximum absolute atomic E-state index is 13.1. The quantitative estimate of drug-likeness (QED) is 0.127. The molecule has 204 valence electrons. The smallest absolute Gasteiger partial charge is 0.270 e. The summed E-state index contributed by atoms with van der Waals surface area (Å²) in [5.74, 6) is 0.958. The fourth-order valence-corrected chi connectivity index (χ4v) is 5.50. The van der Waals surface area contributed by atoms with Crippen LogP contribution in [0.2, 0.25) is 0 Å². The highest BCUT2D eigenvalue weighted by atomic mass is 32.1. The van der Waals surface area contributed by atoms with Gasteiger partial charge in [-0.3, -0.25) is 19.9 Å². The molecule has 1 amide bonds. The van der Waals surface area contributed by atoms with E-state index in [4.69, 9.17) is 16.6 Å². The van der Waals surface area contributed by atoms with Crippen LogP contribution in [0.25, 0.3) is 22.1 Å². The second-order valence-electron chi connectivity index (χ2n) is 9.65. The van der Waals surface area contributed by atoms with E-state index in [-0.39, 0.29) is 24.1 Å². The third-order valence-electron chi connectivity index (χ3n) is 7.10. The highest BCUT2D eigenvalue weighted by Crippen LogP contribution is 2.40. The van der Waals surface area contributed by atoms with Crippen LogP contribution in [0, 0.1) is 10.1 Å². The van der Waals surface area contributed by atoms with Crippen molar-refractivity contribution in [1.82, 2.24) is 15.2 Å². The molecule has 2 N–H and O–H groups in total. The summed E-state index contributed by atoms with van der Waals surface area (Å²) in [6.45, 7) is 0.337. The number of rotatable bonds is 8. The highest BCUT2D eigenvalue weighted by Gasteiger charge is 2.41. The van der Waals surface area contributed by atoms with Crippen molar-refractivity contribution >= 4 is 45.4 Å². The number of nitro benzene ring substituents is 1. The van der Waals surface area contributed by atoms with Crippen LogP contribution in [-0.2, 0) is 4.79 Å². The first-order valence-corrected chi connectivity index (χ1v) is 13.5. The van der Waals surface area contributed by atoms with Crippen LogP contribution in [0.1, 0.15) is 30.0 Å². The third kappa shape index (κ3) is 5.37. The lowest BCUT2D eigenvalue weighted by atomic mass is 10.0. The van der Waals surface area contributed by atoms with Gasteiger partial charge in [-0.05, 0) is 47.9 Å². The number of benzene rings is 3. The fourth-order valence-electron chi connectivity index (χ4n) is 5.16. The molecule has 1 aliphatic heterocycles. The van der Waals surface area contributed by atoms with Crippen LogP contribution >= 0.6 is 12.2 Å². The van der Waals surface area contributed by atoms with E-state index < -0.39 is 11.0 Å². The predicted molar refractivity (Wildman–Crippen MR) is 160 cm³/mol. The molecular weight excluding hydrogens is 538 g/mol. The van der Waals surface area contributed by atoms with Crippen molar-refractivity contribution in [3.8, 4) is 11.3 Å². The van der Waals surface area contributed by atoms with Gasteiger partial charge in [0, 0.05) is 47.9 Å². The number of furan rings is 1. The molecule has 5 aromatic rings. The molecule has 9 nitrogen and oxygen atoms in total. The average Bonchev–Trinajstić information content (AvgIpc) is 3.61. The summed E-state index contributed by atoms with van der Waals surface area (Å²) < 4.78 is 6.28. The minimum atomic E-state index is -0.436. The molecule has 0 bridgehead atoms. The number of nitro groups is 1. The minimum absolute atomic E-state index is 0.0191. The summed E-state index contributed by atoms with van der Waals surface area (Å²) in [5, 5.41) is 20.2. The molecule has 0 aliphatic carbocycles. The molecule has 0 spiro atoms. The van der Waals surface area contributed by atoms with Crippen molar-refractivity contribution in [2.75, 3.05) is 11.9 Å². The Hall–Kier alpha value is -5.09. The molecule has 41 heavy (non-hydrogen) atoms. The largest absolute Gasteiger partial charge is 0.459 e. The molecule has 2 aromatic heterocycles. The lowest BCUT2D eigenvalue weighted by Gasteiger charge is -2.26. The molecule has 1 fully saturated rings. The van der Waals surface area contributed by atoms with Crippen LogP contribution in [0.15, 0.2) is 108 Å². The van der Waals surface area contributed by atoms with Gasteiger partial charge in [-0.15, -0.1) is 0 Å². The molecule has 10 heteroatoms. The SMILES string of the molecule is O=C(CCN1C(=S)NC(c2ccccn2)C1c1ccc(-c2cccc([N+](=O)[O-])c2)o1)Nc1cccc2ccccc12. The first kappa shape index (κ1) is 26.1. The van der Waals surface area contributed by atoms with Crippen molar-refractivity contribution in [3.05, 3.63) is 125 Å². The van der Waals surface area contributed by atoms with Gasteiger partial charge in [0.05, 0.1) is 16.7 Å². The fraction of sp³-hybridized carbons (Fsp3) is 0.129. The standard InChI is InChI=1S/C31H25N5O4S/c37-28(33-24-13-6-8-20-7-1-2-11-23(20)24)16-18-35-30(29(34-31(35)41)25-12-3-4-17-32-25)27-15-14-26(40-27)21-9-5-10-22(19-21)36(38)39/h1-15,17,19,29-30H,16,18H2,(H,33,37)(H,34,41). The van der Waals surface area contributed by atoms with E-state index in [9.17, 15) is 14.9 Å². The Bertz CT molecular complexity index is 1750. The van der Waals surface area contributed by atoms with E-state index in [1.165, 1.54) is 12.1 Å². The van der Waals surface area contributed by atoms with Gasteiger partial charge in [0.1, 0.15) is 17.6 Å². The zero-order chi connectivity index (χ0) is 28.3. The number of non-ortho nitro benzene ring substituents is 1. The Morgan fingerprint density at radius 1 is 1.02 bits per heavy atom. The Morgan fingerprint density at radius 2 is 1.83 bits per heavy atom. The number of aromatic nitrogens is 1. The summed E-state index contributed by atoms with van der Waals surface area (Å²) in [6, 6.07) is 28.6. The van der Waals surface area contributed by atoms with Crippen LogP contribution in [0.4, 0.5) is 11.4 Å². The number of nitrogens with zero attached hydrogens (tertiary/aromatic N) is 3. The number of carbonyl (C=O) groups is 1. The molecule has 0 radical (unpaired) electrons. The van der Waals surface area contributed by atoms with Crippen LogP contribution < -0.4 is 10.6 Å². The van der Waals surface area contributed by atoms with Crippen LogP contribution in [-0.4, -0.2) is 32.4 Å². The van der Waals surface area contributed by atoms with E-state index in [1.807, 2.05) is 71.6 Å². The van der Waals surface area contributed by atoms with Gasteiger partial charge in [-0.2, -0.15) is 0 Å². The molecular formula is C31H25N5O4S. The molecule has 3 aromatic carbocycles. The van der Waals surface area contributed by atoms with Gasteiger partial charge in [0.2, 0.25) is 5.91 Å². The average molecular weight is 564 g/mol. The second kappa shape index (κ2) is 11.2. The molecule has 3 heterocycles. The normalized spacial score (nSPS) is 16.5. The number of thiocarbonyl (C=S) groups is 1. The number of pyridine rings is 1. The van der Waals surface area contributed by atoms with Crippen molar-refractivity contribution < 1.29 is 14.1 Å². The van der Waals surface area contributed by atoms with Gasteiger partial charge in [-0.25, -0.2) is 0 Å². The van der Waals surface area contributed by atoms with Crippen LogP contribution in [0.3, 0.4) is 0 Å². The highest BCUT2D eigenvalue weighted by molar-refractivity contribution is 7.80. The number of fused-ring (bicyclic) bond motifs is 1. The number of anilines is 1. The summed E-state index contributed by atoms with van der Waals surface area (Å²) in [7, 11) is 0. The zero-order valence-electron chi connectivity index (χ0n) is 21.8. The maximum atomic E-state index is 13.1. The van der Waals surface area contributed by atoms with E-state index in [1.54, 1.807) is 24.4 Å². The van der Waals surface area contributed by atoms with Gasteiger partial charge >= 0.3 is 0 Å². The zero-order valence-corrected chi connectivity index (χ0v) is 22.6. The number of hydrogen-bond donors (Lipinski definition) is 2. The minimum Gasteiger partial charge on any atom is -0.459 e. The monoisotopic (exact) mass is 563 g/mol. The second-order valence-corrected chi connectivity index (χ2v) is 10.0. The Balaban J connectivity index is 1.26. The van der Waals surface area contributed by atoms with Gasteiger partial charge in [0.15, 0.2) is 5.11 Å². The maximum Gasteiger partial charge on any atom is 0.270 e. The molecule has 2 atom stereocenters. The molecule has 1 aliphatic rings. The Morgan fingerprint density at radius 3 is 2.66 bits per heavy atom. The Kier molecular flexibility index (Phi) is 7.13. The lowest BCUT2D eigenvalue weighted by Crippen LogP contribution is -2.32. The predicted octanol–water partition coefficient (Wildman–Crippen LogP) is 6.40. The van der Waals surface area contributed by atoms with Crippen molar-refractivity contribution in [2.45, 2.75) is 18.5 Å². The van der Waals surface area contributed by atoms with E-state index in [0.29, 0.717) is 28.7 Å². The molecule has 6 rings (SSSR count). The molecule has 0 saturated carbocycles. The molecule has 1 saturated heterocycles. The number of hydrogen-bond acceptors (Lipinski definition) is 6. The summed E-state index contributed by atoms with van der Waals surface area (Å²) >= 11 is 5.72. The summed E-state index contributed by atoms with van der Waals surface area (Å²) in [5.41, 5.74) is 2.10. The van der Waals surface area contributed by atoms with Crippen molar-refractivity contribution in [3.63, 3.8) is 0 Å². The van der Waals surface area contributed by atoms with Gasteiger partial charge < -0.3 is 20.0 Å². The lowest BCUT2D eigenvalue weighted by molar-refractivity contribution is -0.384. The van der Waals surface area contributed by atoms with Crippen molar-refractivity contribution in [1.29, 1.82) is 0 Å². The third-order valence-corrected chi connectivity index (χ3v) is 7.45. The van der Waals surface area contributed by atoms with Gasteiger partial charge in [-0.1, -0.05) is 54.6 Å². The number of amides is 1.